The maximum Gasteiger partial charge on any atom is 0.180 e. The molecular formula is C13H8BrF3N2O. The number of halogens is 4. The molecule has 20 heavy (non-hydrogen) atoms. The number of amidine groups is 1. The number of nitrogen functional groups attached to an aromatic ring is 1. The Morgan fingerprint density at radius 2 is 1.80 bits per heavy atom. The van der Waals surface area contributed by atoms with Crippen molar-refractivity contribution in [1.82, 2.24) is 0 Å². The molecule has 0 bridgehead atoms. The van der Waals surface area contributed by atoms with Crippen LogP contribution in [0.2, 0.25) is 0 Å². The first-order valence-electron chi connectivity index (χ1n) is 5.35. The molecule has 3 nitrogen and oxygen atoms in total. The number of hydrogen-bond donors (Lipinski definition) is 2. The average molecular weight is 345 g/mol. The van der Waals surface area contributed by atoms with Gasteiger partial charge in [0.05, 0.1) is 4.47 Å². The van der Waals surface area contributed by atoms with Crippen molar-refractivity contribution in [3.8, 4) is 11.5 Å². The molecule has 104 valence electrons. The lowest BCUT2D eigenvalue weighted by Gasteiger charge is -2.11. The lowest BCUT2D eigenvalue weighted by molar-refractivity contribution is 0.409. The van der Waals surface area contributed by atoms with E-state index in [0.717, 1.165) is 18.2 Å². The van der Waals surface area contributed by atoms with Gasteiger partial charge in [0.1, 0.15) is 11.7 Å². The summed E-state index contributed by atoms with van der Waals surface area (Å²) >= 11 is 2.93. The predicted molar refractivity (Wildman–Crippen MR) is 71.5 cm³/mol. The molecule has 0 saturated carbocycles. The maximum absolute atomic E-state index is 14.0. The second kappa shape index (κ2) is 5.54. The van der Waals surface area contributed by atoms with Crippen molar-refractivity contribution in [3.05, 3.63) is 57.8 Å². The van der Waals surface area contributed by atoms with Gasteiger partial charge in [-0.05, 0) is 40.2 Å². The zero-order valence-corrected chi connectivity index (χ0v) is 11.5. The van der Waals surface area contributed by atoms with Gasteiger partial charge >= 0.3 is 0 Å². The van der Waals surface area contributed by atoms with Crippen LogP contribution in [-0.4, -0.2) is 5.84 Å². The molecule has 2 rings (SSSR count). The highest BCUT2D eigenvalue weighted by atomic mass is 79.9. The smallest absolute Gasteiger partial charge is 0.180 e. The van der Waals surface area contributed by atoms with Crippen LogP contribution in [0.5, 0.6) is 11.5 Å². The molecule has 0 fully saturated rings. The largest absolute Gasteiger partial charge is 0.451 e. The van der Waals surface area contributed by atoms with E-state index in [4.69, 9.17) is 15.9 Å². The highest BCUT2D eigenvalue weighted by Crippen LogP contribution is 2.32. The first-order valence-corrected chi connectivity index (χ1v) is 6.14. The first kappa shape index (κ1) is 14.4. The molecule has 0 aromatic heterocycles. The monoisotopic (exact) mass is 344 g/mol. The third-order valence-corrected chi connectivity index (χ3v) is 3.23. The van der Waals surface area contributed by atoms with Gasteiger partial charge in [0.2, 0.25) is 0 Å². The van der Waals surface area contributed by atoms with Crippen molar-refractivity contribution < 1.29 is 17.9 Å². The maximum atomic E-state index is 14.0. The second-order valence-electron chi connectivity index (χ2n) is 3.83. The third kappa shape index (κ3) is 2.77. The summed E-state index contributed by atoms with van der Waals surface area (Å²) in [5.41, 5.74) is 5.40. The Kier molecular flexibility index (Phi) is 3.99. The molecule has 0 aliphatic heterocycles. The highest BCUT2D eigenvalue weighted by molar-refractivity contribution is 9.10. The van der Waals surface area contributed by atoms with Crippen molar-refractivity contribution in [2.45, 2.75) is 0 Å². The Morgan fingerprint density at radius 1 is 1.10 bits per heavy atom. The second-order valence-corrected chi connectivity index (χ2v) is 4.62. The Morgan fingerprint density at radius 3 is 2.45 bits per heavy atom. The molecule has 0 aliphatic carbocycles. The summed E-state index contributed by atoms with van der Waals surface area (Å²) < 4.78 is 45.3. The fourth-order valence-electron chi connectivity index (χ4n) is 1.49. The van der Waals surface area contributed by atoms with Gasteiger partial charge in [-0.1, -0.05) is 0 Å². The minimum Gasteiger partial charge on any atom is -0.451 e. The number of ether oxygens (including phenoxy) is 1. The van der Waals surface area contributed by atoms with Crippen LogP contribution in [0.15, 0.2) is 34.8 Å². The van der Waals surface area contributed by atoms with Crippen molar-refractivity contribution in [1.29, 1.82) is 5.41 Å². The lowest BCUT2D eigenvalue weighted by atomic mass is 10.2. The van der Waals surface area contributed by atoms with Gasteiger partial charge < -0.3 is 10.5 Å². The van der Waals surface area contributed by atoms with Gasteiger partial charge in [0.25, 0.3) is 0 Å². The van der Waals surface area contributed by atoms with Gasteiger partial charge in [0.15, 0.2) is 23.1 Å². The number of hydrogen-bond acceptors (Lipinski definition) is 2. The van der Waals surface area contributed by atoms with E-state index in [2.05, 4.69) is 15.9 Å². The van der Waals surface area contributed by atoms with Crippen molar-refractivity contribution >= 4 is 21.8 Å². The first-order chi connectivity index (χ1) is 9.40. The zero-order valence-electron chi connectivity index (χ0n) is 9.88. The quantitative estimate of drug-likeness (QED) is 0.654. The van der Waals surface area contributed by atoms with Gasteiger partial charge in [-0.15, -0.1) is 0 Å². The van der Waals surface area contributed by atoms with E-state index in [1.54, 1.807) is 0 Å². The Balaban J connectivity index is 2.42. The van der Waals surface area contributed by atoms with Crippen molar-refractivity contribution in [2.24, 2.45) is 5.73 Å². The molecule has 2 aromatic carbocycles. The summed E-state index contributed by atoms with van der Waals surface area (Å²) in [6.07, 6.45) is 0. The number of nitrogens with one attached hydrogen (secondary N) is 1. The lowest BCUT2D eigenvalue weighted by Crippen LogP contribution is -2.12. The van der Waals surface area contributed by atoms with E-state index in [1.807, 2.05) is 0 Å². The molecular weight excluding hydrogens is 337 g/mol. The van der Waals surface area contributed by atoms with E-state index < -0.39 is 23.2 Å². The molecule has 7 heteroatoms. The topological polar surface area (TPSA) is 59.1 Å². The van der Waals surface area contributed by atoms with Gasteiger partial charge in [-0.3, -0.25) is 5.41 Å². The van der Waals surface area contributed by atoms with Gasteiger partial charge in [-0.2, -0.15) is 0 Å². The molecule has 0 heterocycles. The van der Waals surface area contributed by atoms with Crippen LogP contribution in [-0.2, 0) is 0 Å². The third-order valence-electron chi connectivity index (χ3n) is 2.45. The Bertz CT molecular complexity index is 692. The number of benzene rings is 2. The van der Waals surface area contributed by atoms with Crippen LogP contribution in [0.25, 0.3) is 0 Å². The van der Waals surface area contributed by atoms with E-state index >= 15 is 0 Å². The minimum absolute atomic E-state index is 0.0840. The summed E-state index contributed by atoms with van der Waals surface area (Å²) in [6.45, 7) is 0. The molecule has 0 amide bonds. The van der Waals surface area contributed by atoms with Gasteiger partial charge in [-0.25, -0.2) is 13.2 Å². The van der Waals surface area contributed by atoms with Crippen molar-refractivity contribution in [2.75, 3.05) is 0 Å². The molecule has 0 atom stereocenters. The fourth-order valence-corrected chi connectivity index (χ4v) is 2.03. The van der Waals surface area contributed by atoms with Crippen LogP contribution in [0.3, 0.4) is 0 Å². The van der Waals surface area contributed by atoms with Crippen LogP contribution in [0.1, 0.15) is 5.56 Å². The average Bonchev–Trinajstić information content (AvgIpc) is 2.39. The minimum atomic E-state index is -0.860. The molecule has 3 N–H and O–H groups in total. The molecule has 0 unspecified atom stereocenters. The Hall–Kier alpha value is -2.02. The molecule has 0 radical (unpaired) electrons. The summed E-state index contributed by atoms with van der Waals surface area (Å²) in [5, 5.41) is 7.26. The fraction of sp³-hybridized carbons (Fsp3) is 0. The summed E-state index contributed by atoms with van der Waals surface area (Å²) in [6, 6.07) is 5.12. The SMILES string of the molecule is N=C(N)c1ccc(Oc2cc(F)ccc2F)c(F)c1Br. The van der Waals surface area contributed by atoms with Crippen LogP contribution < -0.4 is 10.5 Å². The molecule has 2 aromatic rings. The van der Waals surface area contributed by atoms with Crippen LogP contribution >= 0.6 is 15.9 Å². The zero-order chi connectivity index (χ0) is 14.9. The number of rotatable bonds is 3. The molecule has 0 aliphatic rings. The normalized spacial score (nSPS) is 10.4. The van der Waals surface area contributed by atoms with E-state index in [1.165, 1.54) is 12.1 Å². The standard InChI is InChI=1S/C13H8BrF3N2O/c14-11-7(13(18)19)2-4-9(12(11)17)20-10-5-6(15)1-3-8(10)16/h1-5H,(H3,18,19). The van der Waals surface area contributed by atoms with Crippen LogP contribution in [0, 0.1) is 22.9 Å². The highest BCUT2D eigenvalue weighted by Gasteiger charge is 2.16. The van der Waals surface area contributed by atoms with Crippen molar-refractivity contribution in [3.63, 3.8) is 0 Å². The molecule has 0 saturated heterocycles. The Labute approximate surface area is 120 Å². The summed E-state index contributed by atoms with van der Waals surface area (Å²) in [5.74, 6) is -3.47. The predicted octanol–water partition coefficient (Wildman–Crippen LogP) is 3.94. The summed E-state index contributed by atoms with van der Waals surface area (Å²) in [4.78, 5) is 0. The molecule has 0 spiro atoms. The van der Waals surface area contributed by atoms with Gasteiger partial charge in [0, 0.05) is 11.6 Å². The summed E-state index contributed by atoms with van der Waals surface area (Å²) in [7, 11) is 0. The van der Waals surface area contributed by atoms with E-state index in [-0.39, 0.29) is 21.6 Å². The van der Waals surface area contributed by atoms with E-state index in [9.17, 15) is 13.2 Å². The number of nitrogens with two attached hydrogens (primary N) is 1. The van der Waals surface area contributed by atoms with E-state index in [0.29, 0.717) is 0 Å². The van der Waals surface area contributed by atoms with Crippen LogP contribution in [0.4, 0.5) is 13.2 Å².